The number of nitrogens with zero attached hydrogens (tertiary/aromatic N) is 6. The zero-order valence-electron chi connectivity index (χ0n) is 25.9. The van der Waals surface area contributed by atoms with Crippen molar-refractivity contribution >= 4 is 40.2 Å². The average molecular weight is 637 g/mol. The first-order chi connectivity index (χ1) is 22.7. The fraction of sp³-hybridized carbons (Fsp3) is 0.265. The Morgan fingerprint density at radius 1 is 1.09 bits per heavy atom. The Labute approximate surface area is 269 Å². The number of hydrogen-bond donors (Lipinski definition) is 2. The fourth-order valence-electron chi connectivity index (χ4n) is 6.46. The lowest BCUT2D eigenvalue weighted by Gasteiger charge is -2.38. The first-order valence-corrected chi connectivity index (χ1v) is 15.5. The zero-order valence-corrected chi connectivity index (χ0v) is 25.9. The van der Waals surface area contributed by atoms with Gasteiger partial charge in [0.05, 0.1) is 12.0 Å². The molecule has 2 fully saturated rings. The van der Waals surface area contributed by atoms with Crippen molar-refractivity contribution in [2.24, 2.45) is 7.05 Å². The lowest BCUT2D eigenvalue weighted by molar-refractivity contribution is -0.129. The summed E-state index contributed by atoms with van der Waals surface area (Å²) in [6.45, 7) is 4.04. The van der Waals surface area contributed by atoms with Gasteiger partial charge in [-0.15, -0.1) is 0 Å². The number of aromatic nitrogens is 4. The highest BCUT2D eigenvalue weighted by atomic mass is 19.1. The Bertz CT molecular complexity index is 2070. The van der Waals surface area contributed by atoms with E-state index >= 15 is 0 Å². The van der Waals surface area contributed by atoms with Crippen molar-refractivity contribution in [1.82, 2.24) is 24.2 Å². The average Bonchev–Trinajstić information content (AvgIpc) is 3.59. The number of pyridine rings is 2. The first kappa shape index (κ1) is 30.0. The summed E-state index contributed by atoms with van der Waals surface area (Å²) in [7, 11) is 1.80. The van der Waals surface area contributed by atoms with Gasteiger partial charge in [0.2, 0.25) is 5.91 Å². The van der Waals surface area contributed by atoms with Crippen LogP contribution >= 0.6 is 0 Å². The van der Waals surface area contributed by atoms with Crippen molar-refractivity contribution in [3.05, 3.63) is 88.6 Å². The number of hydrogen-bond acceptors (Lipinski definition) is 8. The van der Waals surface area contributed by atoms with Crippen LogP contribution in [0.1, 0.15) is 30.1 Å². The van der Waals surface area contributed by atoms with E-state index in [1.165, 1.54) is 35.0 Å². The Kier molecular flexibility index (Phi) is 7.58. The number of piperazine rings is 1. The Balaban J connectivity index is 1.19. The molecule has 1 atom stereocenters. The van der Waals surface area contributed by atoms with Crippen molar-refractivity contribution in [1.29, 1.82) is 0 Å². The van der Waals surface area contributed by atoms with Gasteiger partial charge >= 0.3 is 0 Å². The van der Waals surface area contributed by atoms with Crippen LogP contribution < -0.4 is 26.2 Å². The number of nitrogen functional groups attached to an aromatic ring is 1. The summed E-state index contributed by atoms with van der Waals surface area (Å²) in [5.41, 5.74) is 8.77. The van der Waals surface area contributed by atoms with Crippen LogP contribution in [0.4, 0.5) is 21.7 Å². The molecule has 47 heavy (non-hydrogen) atoms. The molecule has 7 rings (SSSR count). The zero-order chi connectivity index (χ0) is 32.8. The fourth-order valence-corrected chi connectivity index (χ4v) is 6.46. The number of nitrogens with one attached hydrogen (secondary N) is 1. The lowest BCUT2D eigenvalue weighted by Crippen LogP contribution is -2.51. The predicted octanol–water partition coefficient (Wildman–Crippen LogP) is 3.97. The van der Waals surface area contributed by atoms with Gasteiger partial charge in [0.1, 0.15) is 22.9 Å². The molecule has 0 radical (unpaired) electrons. The van der Waals surface area contributed by atoms with Gasteiger partial charge in [-0.2, -0.15) is 5.10 Å². The highest BCUT2D eigenvalue weighted by Crippen LogP contribution is 2.36. The molecular weight excluding hydrogens is 603 g/mol. The van der Waals surface area contributed by atoms with Crippen LogP contribution in [0.2, 0.25) is 0 Å². The SMILES string of the molecule is CCOc1ccn(-c2ccc(F)cc2)c(=O)c1C(=O)Nc1ccc(-c2cc(N3CCN4C(=O)CC[C@@H]4C3)nc3c2c(N)nn3C)cc1. The van der Waals surface area contributed by atoms with Crippen molar-refractivity contribution < 1.29 is 18.7 Å². The van der Waals surface area contributed by atoms with Gasteiger partial charge < -0.3 is 25.6 Å². The van der Waals surface area contributed by atoms with E-state index in [1.807, 2.05) is 23.1 Å². The summed E-state index contributed by atoms with van der Waals surface area (Å²) in [5.74, 6) is 0.407. The van der Waals surface area contributed by atoms with Crippen molar-refractivity contribution in [3.63, 3.8) is 0 Å². The van der Waals surface area contributed by atoms with Crippen molar-refractivity contribution in [2.45, 2.75) is 25.8 Å². The van der Waals surface area contributed by atoms with Gasteiger partial charge in [-0.1, -0.05) is 12.1 Å². The van der Waals surface area contributed by atoms with Gasteiger partial charge in [-0.3, -0.25) is 19.0 Å². The summed E-state index contributed by atoms with van der Waals surface area (Å²) in [6, 6.07) is 16.3. The number of amides is 2. The molecular formula is C34H33FN8O4. The van der Waals surface area contributed by atoms with Gasteiger partial charge in [0, 0.05) is 62.3 Å². The molecule has 2 aromatic carbocycles. The third-order valence-corrected chi connectivity index (χ3v) is 8.77. The monoisotopic (exact) mass is 636 g/mol. The molecule has 0 bridgehead atoms. The topological polar surface area (TPSA) is 141 Å². The molecule has 5 heterocycles. The van der Waals surface area contributed by atoms with Crippen LogP contribution in [0, 0.1) is 5.82 Å². The number of ether oxygens (including phenoxy) is 1. The summed E-state index contributed by atoms with van der Waals surface area (Å²) in [4.78, 5) is 48.4. The molecule has 12 nitrogen and oxygen atoms in total. The molecule has 240 valence electrons. The summed E-state index contributed by atoms with van der Waals surface area (Å²) >= 11 is 0. The minimum absolute atomic E-state index is 0.145. The Hall–Kier alpha value is -5.72. The molecule has 5 aromatic rings. The third kappa shape index (κ3) is 5.43. The smallest absolute Gasteiger partial charge is 0.271 e. The van der Waals surface area contributed by atoms with Crippen molar-refractivity contribution in [3.8, 4) is 22.6 Å². The molecule has 3 N–H and O–H groups in total. The highest BCUT2D eigenvalue weighted by Gasteiger charge is 2.36. The number of rotatable bonds is 7. The molecule has 13 heteroatoms. The van der Waals surface area contributed by atoms with Gasteiger partial charge in [-0.25, -0.2) is 14.1 Å². The summed E-state index contributed by atoms with van der Waals surface area (Å²) < 4.78 is 22.1. The van der Waals surface area contributed by atoms with E-state index < -0.39 is 17.3 Å². The number of aryl methyl sites for hydroxylation is 1. The second-order valence-electron chi connectivity index (χ2n) is 11.6. The number of anilines is 3. The minimum Gasteiger partial charge on any atom is -0.493 e. The van der Waals surface area contributed by atoms with E-state index in [9.17, 15) is 18.8 Å². The van der Waals surface area contributed by atoms with Gasteiger partial charge in [0.15, 0.2) is 11.5 Å². The molecule has 0 unspecified atom stereocenters. The van der Waals surface area contributed by atoms with E-state index in [-0.39, 0.29) is 29.9 Å². The van der Waals surface area contributed by atoms with E-state index in [1.54, 1.807) is 36.9 Å². The number of carbonyl (C=O) groups excluding carboxylic acids is 2. The molecule has 2 saturated heterocycles. The molecule has 2 aliphatic rings. The van der Waals surface area contributed by atoms with Crippen LogP contribution in [0.5, 0.6) is 5.75 Å². The normalized spacial score (nSPS) is 16.1. The summed E-state index contributed by atoms with van der Waals surface area (Å²) in [5, 5.41) is 7.96. The van der Waals surface area contributed by atoms with Crippen molar-refractivity contribution in [2.75, 3.05) is 42.2 Å². The maximum Gasteiger partial charge on any atom is 0.271 e. The quantitative estimate of drug-likeness (QED) is 0.274. The maximum atomic E-state index is 13.5. The predicted molar refractivity (Wildman–Crippen MR) is 176 cm³/mol. The number of fused-ring (bicyclic) bond motifs is 2. The van der Waals surface area contributed by atoms with E-state index in [0.717, 1.165) is 28.8 Å². The number of halogens is 1. The number of carbonyl (C=O) groups is 2. The molecule has 0 aliphatic carbocycles. The molecule has 0 saturated carbocycles. The molecule has 0 spiro atoms. The number of nitrogens with two attached hydrogens (primary N) is 1. The minimum atomic E-state index is -0.641. The molecule has 3 aromatic heterocycles. The number of benzene rings is 2. The van der Waals surface area contributed by atoms with Gasteiger partial charge in [0.25, 0.3) is 11.5 Å². The summed E-state index contributed by atoms with van der Waals surface area (Å²) in [6.07, 6.45) is 2.91. The van der Waals surface area contributed by atoms with Crippen LogP contribution in [0.15, 0.2) is 71.7 Å². The third-order valence-electron chi connectivity index (χ3n) is 8.77. The largest absolute Gasteiger partial charge is 0.493 e. The van der Waals surface area contributed by atoms with E-state index in [0.29, 0.717) is 48.9 Å². The van der Waals surface area contributed by atoms with E-state index in [2.05, 4.69) is 15.3 Å². The second-order valence-corrected chi connectivity index (χ2v) is 11.6. The second kappa shape index (κ2) is 11.9. The van der Waals surface area contributed by atoms with Crippen LogP contribution in [0.25, 0.3) is 27.8 Å². The lowest BCUT2D eigenvalue weighted by atomic mass is 10.0. The standard InChI is InChI=1S/C34H33FN8O4/c1-3-47-26-14-15-43(23-10-6-21(35)7-11-23)34(46)30(26)33(45)37-22-8-4-20(5-9-22)25-18-27(38-32-29(25)31(36)39-40(32)2)41-16-17-42-24(19-41)12-13-28(42)44/h4-11,14-15,18,24H,3,12-13,16-17,19H2,1-2H3,(H2,36,39)(H,37,45)/t24-/m1/s1. The Morgan fingerprint density at radius 3 is 2.60 bits per heavy atom. The molecule has 2 aliphatic heterocycles. The van der Waals surface area contributed by atoms with Crippen LogP contribution in [0.3, 0.4) is 0 Å². The first-order valence-electron chi connectivity index (χ1n) is 15.5. The Morgan fingerprint density at radius 2 is 1.85 bits per heavy atom. The van der Waals surface area contributed by atoms with Crippen LogP contribution in [-0.4, -0.2) is 68.3 Å². The molecule has 2 amide bonds. The van der Waals surface area contributed by atoms with Gasteiger partial charge in [-0.05, 0) is 67.4 Å². The highest BCUT2D eigenvalue weighted by molar-refractivity contribution is 6.06. The maximum absolute atomic E-state index is 13.5. The van der Waals surface area contributed by atoms with E-state index in [4.69, 9.17) is 15.5 Å². The van der Waals surface area contributed by atoms with Crippen LogP contribution in [-0.2, 0) is 11.8 Å².